The molecule has 1 heterocycles. The van der Waals surface area contributed by atoms with Crippen molar-refractivity contribution < 1.29 is 9.26 Å². The third-order valence-corrected chi connectivity index (χ3v) is 3.91. The Bertz CT molecular complexity index is 605. The van der Waals surface area contributed by atoms with Crippen molar-refractivity contribution in [2.24, 2.45) is 0 Å². The number of aromatic nitrogens is 1. The lowest BCUT2D eigenvalue weighted by Crippen LogP contribution is -2.23. The number of halogens is 1. The van der Waals surface area contributed by atoms with E-state index in [0.717, 1.165) is 28.3 Å². The molecule has 0 saturated heterocycles. The normalized spacial score (nSPS) is 14.0. The molecule has 0 spiro atoms. The van der Waals surface area contributed by atoms with E-state index in [9.17, 15) is 0 Å². The lowest BCUT2D eigenvalue weighted by molar-refractivity contribution is 0.386. The molecule has 0 saturated carbocycles. The fraction of sp³-hybridized carbons (Fsp3) is 0.438. The zero-order valence-electron chi connectivity index (χ0n) is 13.0. The molecule has 0 radical (unpaired) electrons. The molecule has 0 aliphatic rings. The lowest BCUT2D eigenvalue weighted by Gasteiger charge is -2.22. The van der Waals surface area contributed by atoms with Gasteiger partial charge in [-0.2, -0.15) is 0 Å². The molecule has 0 fully saturated rings. The van der Waals surface area contributed by atoms with Crippen LogP contribution in [0, 0.1) is 13.8 Å². The molecule has 0 unspecified atom stereocenters. The molecule has 0 bridgehead atoms. The van der Waals surface area contributed by atoms with E-state index < -0.39 is 0 Å². The maximum Gasteiger partial charge on any atom is 0.138 e. The van der Waals surface area contributed by atoms with Crippen LogP contribution in [0.5, 0.6) is 5.75 Å². The molecule has 4 nitrogen and oxygen atoms in total. The van der Waals surface area contributed by atoms with Crippen molar-refractivity contribution in [2.75, 3.05) is 7.11 Å². The van der Waals surface area contributed by atoms with Gasteiger partial charge in [-0.05, 0) is 45.9 Å². The van der Waals surface area contributed by atoms with E-state index >= 15 is 0 Å². The minimum atomic E-state index is 0.0855. The summed E-state index contributed by atoms with van der Waals surface area (Å²) in [6.07, 6.45) is 0. The number of hydrogen-bond acceptors (Lipinski definition) is 4. The van der Waals surface area contributed by atoms with Crippen LogP contribution < -0.4 is 10.1 Å². The van der Waals surface area contributed by atoms with Gasteiger partial charge in [0.25, 0.3) is 0 Å². The van der Waals surface area contributed by atoms with Crippen molar-refractivity contribution >= 4 is 11.6 Å². The molecule has 0 aliphatic heterocycles. The van der Waals surface area contributed by atoms with Gasteiger partial charge in [0.1, 0.15) is 11.5 Å². The zero-order valence-corrected chi connectivity index (χ0v) is 13.8. The summed E-state index contributed by atoms with van der Waals surface area (Å²) in [6.45, 7) is 8.07. The van der Waals surface area contributed by atoms with Crippen LogP contribution in [-0.2, 0) is 0 Å². The largest absolute Gasteiger partial charge is 0.496 e. The highest BCUT2D eigenvalue weighted by molar-refractivity contribution is 6.30. The van der Waals surface area contributed by atoms with Crippen LogP contribution in [0.2, 0.25) is 5.02 Å². The Morgan fingerprint density at radius 3 is 2.52 bits per heavy atom. The standard InChI is InChI=1S/C16H21ClN2O2/c1-9(14-8-13(17)6-7-15(14)20-5)18-10(2)16-11(3)19-21-12(16)4/h6-10,18H,1-5H3/t9-,10+/m0/s1. The molecule has 2 rings (SSSR count). The number of aryl methyl sites for hydroxylation is 2. The fourth-order valence-corrected chi connectivity index (χ4v) is 2.88. The summed E-state index contributed by atoms with van der Waals surface area (Å²) < 4.78 is 10.6. The third kappa shape index (κ3) is 3.39. The van der Waals surface area contributed by atoms with E-state index in [-0.39, 0.29) is 12.1 Å². The van der Waals surface area contributed by atoms with Gasteiger partial charge >= 0.3 is 0 Å². The van der Waals surface area contributed by atoms with Gasteiger partial charge in [-0.25, -0.2) is 0 Å². The molecule has 21 heavy (non-hydrogen) atoms. The van der Waals surface area contributed by atoms with Gasteiger partial charge in [-0.1, -0.05) is 16.8 Å². The first kappa shape index (κ1) is 15.9. The van der Waals surface area contributed by atoms with Gasteiger partial charge in [0.05, 0.1) is 12.8 Å². The molecular formula is C16H21ClN2O2. The van der Waals surface area contributed by atoms with Crippen molar-refractivity contribution in [3.05, 3.63) is 45.8 Å². The Hall–Kier alpha value is -1.52. The molecule has 114 valence electrons. The molecule has 1 aromatic carbocycles. The van der Waals surface area contributed by atoms with Gasteiger partial charge in [-0.3, -0.25) is 0 Å². The van der Waals surface area contributed by atoms with Gasteiger partial charge in [-0.15, -0.1) is 0 Å². The van der Waals surface area contributed by atoms with Crippen LogP contribution >= 0.6 is 11.6 Å². The summed E-state index contributed by atoms with van der Waals surface area (Å²) in [6, 6.07) is 5.85. The molecule has 2 aromatic rings. The summed E-state index contributed by atoms with van der Waals surface area (Å²) in [4.78, 5) is 0. The number of hydrogen-bond donors (Lipinski definition) is 1. The highest BCUT2D eigenvalue weighted by Gasteiger charge is 2.20. The van der Waals surface area contributed by atoms with E-state index in [0.29, 0.717) is 5.02 Å². The minimum Gasteiger partial charge on any atom is -0.496 e. The summed E-state index contributed by atoms with van der Waals surface area (Å²) in [5, 5.41) is 8.25. The summed E-state index contributed by atoms with van der Waals surface area (Å²) in [5.41, 5.74) is 3.05. The summed E-state index contributed by atoms with van der Waals surface area (Å²) >= 11 is 6.10. The van der Waals surface area contributed by atoms with E-state index in [1.54, 1.807) is 7.11 Å². The topological polar surface area (TPSA) is 47.3 Å². The smallest absolute Gasteiger partial charge is 0.138 e. The van der Waals surface area contributed by atoms with E-state index in [1.807, 2.05) is 32.0 Å². The third-order valence-electron chi connectivity index (χ3n) is 3.68. The van der Waals surface area contributed by atoms with Crippen LogP contribution in [-0.4, -0.2) is 12.3 Å². The van der Waals surface area contributed by atoms with Crippen LogP contribution in [0.25, 0.3) is 0 Å². The quantitative estimate of drug-likeness (QED) is 0.891. The van der Waals surface area contributed by atoms with Crippen molar-refractivity contribution in [1.82, 2.24) is 10.5 Å². The Balaban J connectivity index is 2.22. The van der Waals surface area contributed by atoms with Crippen LogP contribution in [0.3, 0.4) is 0 Å². The molecule has 1 aromatic heterocycles. The molecule has 1 N–H and O–H groups in total. The Kier molecular flexibility index (Phi) is 4.91. The Morgan fingerprint density at radius 1 is 1.24 bits per heavy atom. The number of rotatable bonds is 5. The molecule has 2 atom stereocenters. The van der Waals surface area contributed by atoms with Gasteiger partial charge in [0.15, 0.2) is 0 Å². The molecule has 5 heteroatoms. The second kappa shape index (κ2) is 6.50. The molecule has 0 aliphatic carbocycles. The van der Waals surface area contributed by atoms with Crippen LogP contribution in [0.4, 0.5) is 0 Å². The Morgan fingerprint density at radius 2 is 1.95 bits per heavy atom. The lowest BCUT2D eigenvalue weighted by atomic mass is 10.0. The average molecular weight is 309 g/mol. The van der Waals surface area contributed by atoms with Crippen molar-refractivity contribution in [2.45, 2.75) is 39.8 Å². The van der Waals surface area contributed by atoms with Crippen molar-refractivity contribution in [1.29, 1.82) is 0 Å². The summed E-state index contributed by atoms with van der Waals surface area (Å²) in [7, 11) is 1.66. The van der Waals surface area contributed by atoms with E-state index in [1.165, 1.54) is 0 Å². The Labute approximate surface area is 130 Å². The first-order valence-corrected chi connectivity index (χ1v) is 7.34. The monoisotopic (exact) mass is 308 g/mol. The minimum absolute atomic E-state index is 0.0855. The molecular weight excluding hydrogens is 288 g/mol. The highest BCUT2D eigenvalue weighted by Crippen LogP contribution is 2.30. The fourth-order valence-electron chi connectivity index (χ4n) is 2.70. The number of nitrogens with one attached hydrogen (secondary N) is 1. The van der Waals surface area contributed by atoms with Crippen LogP contribution in [0.15, 0.2) is 22.7 Å². The average Bonchev–Trinajstić information content (AvgIpc) is 2.78. The zero-order chi connectivity index (χ0) is 15.6. The predicted octanol–water partition coefficient (Wildman–Crippen LogP) is 4.37. The maximum absolute atomic E-state index is 6.10. The first-order valence-electron chi connectivity index (χ1n) is 6.96. The van der Waals surface area contributed by atoms with E-state index in [4.69, 9.17) is 20.9 Å². The first-order chi connectivity index (χ1) is 9.93. The van der Waals surface area contributed by atoms with Gasteiger partial charge in [0, 0.05) is 28.2 Å². The summed E-state index contributed by atoms with van der Waals surface area (Å²) in [5.74, 6) is 1.67. The molecule has 0 amide bonds. The van der Waals surface area contributed by atoms with Crippen molar-refractivity contribution in [3.8, 4) is 5.75 Å². The van der Waals surface area contributed by atoms with E-state index in [2.05, 4.69) is 24.3 Å². The SMILES string of the molecule is COc1ccc(Cl)cc1[C@H](C)N[C@H](C)c1c(C)noc1C. The number of benzene rings is 1. The maximum atomic E-state index is 6.10. The number of nitrogens with zero attached hydrogens (tertiary/aromatic N) is 1. The number of methoxy groups -OCH3 is 1. The van der Waals surface area contributed by atoms with Gasteiger partial charge in [0.2, 0.25) is 0 Å². The number of ether oxygens (including phenoxy) is 1. The highest BCUT2D eigenvalue weighted by atomic mass is 35.5. The second-order valence-electron chi connectivity index (χ2n) is 5.23. The predicted molar refractivity (Wildman–Crippen MR) is 83.9 cm³/mol. The van der Waals surface area contributed by atoms with Crippen LogP contribution in [0.1, 0.15) is 48.5 Å². The van der Waals surface area contributed by atoms with Crippen molar-refractivity contribution in [3.63, 3.8) is 0 Å². The van der Waals surface area contributed by atoms with Gasteiger partial charge < -0.3 is 14.6 Å². The second-order valence-corrected chi connectivity index (χ2v) is 5.67.